The van der Waals surface area contributed by atoms with Crippen LogP contribution < -0.4 is 10.6 Å². The van der Waals surface area contributed by atoms with Gasteiger partial charge in [0, 0.05) is 35.4 Å². The minimum Gasteiger partial charge on any atom is -0.363 e. The van der Waals surface area contributed by atoms with Crippen LogP contribution in [0.25, 0.3) is 0 Å². The summed E-state index contributed by atoms with van der Waals surface area (Å²) in [4.78, 5) is 8.32. The zero-order chi connectivity index (χ0) is 18.1. The van der Waals surface area contributed by atoms with Gasteiger partial charge >= 0.3 is 0 Å². The number of H-pyrrole nitrogens is 1. The number of benzene rings is 1. The summed E-state index contributed by atoms with van der Waals surface area (Å²) >= 11 is 0. The molecule has 1 fully saturated rings. The minimum atomic E-state index is -0.600. The number of anilines is 3. The van der Waals surface area contributed by atoms with Crippen molar-refractivity contribution in [2.75, 3.05) is 10.6 Å². The van der Waals surface area contributed by atoms with E-state index in [1.165, 1.54) is 31.3 Å². The minimum absolute atomic E-state index is 0.362. The molecule has 1 aliphatic rings. The van der Waals surface area contributed by atoms with Crippen molar-refractivity contribution >= 4 is 17.5 Å². The van der Waals surface area contributed by atoms with Gasteiger partial charge in [0.2, 0.25) is 0 Å². The molecule has 0 amide bonds. The molecule has 6 nitrogen and oxygen atoms in total. The molecular weight excluding hydrogens is 338 g/mol. The van der Waals surface area contributed by atoms with E-state index < -0.39 is 11.6 Å². The third-order valence-corrected chi connectivity index (χ3v) is 4.33. The van der Waals surface area contributed by atoms with Crippen LogP contribution in [0.1, 0.15) is 43.0 Å². The van der Waals surface area contributed by atoms with E-state index >= 15 is 0 Å². The lowest BCUT2D eigenvalue weighted by atomic mass is 10.1. The quantitative estimate of drug-likeness (QED) is 0.615. The van der Waals surface area contributed by atoms with Crippen molar-refractivity contribution in [3.8, 4) is 0 Å². The maximum absolute atomic E-state index is 13.9. The molecule has 1 aromatic carbocycles. The Kier molecular flexibility index (Phi) is 4.24. The number of halogens is 2. The standard InChI is InChI=1S/C18H18F2N6/c1-10(13-5-4-12(19)6-14(13)20)23-16-8-17(22-9-21-16)24-18-7-15(25-26-18)11-2-3-11/h4-11H,2-3H2,1H3,(H3,21,22,23,24,25,26). The van der Waals surface area contributed by atoms with E-state index in [1.807, 2.05) is 6.07 Å². The van der Waals surface area contributed by atoms with Crippen molar-refractivity contribution in [3.05, 3.63) is 59.6 Å². The van der Waals surface area contributed by atoms with E-state index in [0.717, 1.165) is 11.8 Å². The predicted octanol–water partition coefficient (Wildman–Crippen LogP) is 4.27. The molecule has 0 aliphatic heterocycles. The molecule has 4 rings (SSSR count). The highest BCUT2D eigenvalue weighted by Gasteiger charge is 2.25. The molecule has 1 saturated carbocycles. The van der Waals surface area contributed by atoms with Gasteiger partial charge in [-0.05, 0) is 25.8 Å². The van der Waals surface area contributed by atoms with Gasteiger partial charge < -0.3 is 10.6 Å². The summed E-state index contributed by atoms with van der Waals surface area (Å²) in [7, 11) is 0. The normalized spacial score (nSPS) is 14.9. The van der Waals surface area contributed by atoms with Crippen LogP contribution in [-0.2, 0) is 0 Å². The summed E-state index contributed by atoms with van der Waals surface area (Å²) in [6.07, 6.45) is 3.80. The summed E-state index contributed by atoms with van der Waals surface area (Å²) in [6, 6.07) is 6.83. The van der Waals surface area contributed by atoms with Crippen LogP contribution >= 0.6 is 0 Å². The summed E-state index contributed by atoms with van der Waals surface area (Å²) in [6.45, 7) is 1.78. The maximum atomic E-state index is 13.9. The molecule has 0 bridgehead atoms. The van der Waals surface area contributed by atoms with Crippen LogP contribution in [0, 0.1) is 11.6 Å². The van der Waals surface area contributed by atoms with Crippen molar-refractivity contribution < 1.29 is 8.78 Å². The molecule has 1 aliphatic carbocycles. The van der Waals surface area contributed by atoms with E-state index in [9.17, 15) is 8.78 Å². The van der Waals surface area contributed by atoms with E-state index in [-0.39, 0.29) is 6.04 Å². The molecule has 8 heteroatoms. The zero-order valence-electron chi connectivity index (χ0n) is 14.1. The number of hydrogen-bond donors (Lipinski definition) is 3. The number of nitrogens with one attached hydrogen (secondary N) is 3. The Balaban J connectivity index is 1.46. The largest absolute Gasteiger partial charge is 0.363 e. The van der Waals surface area contributed by atoms with Crippen molar-refractivity contribution in [2.45, 2.75) is 31.7 Å². The number of aromatic nitrogens is 4. The molecule has 2 heterocycles. The van der Waals surface area contributed by atoms with Gasteiger partial charge in [0.25, 0.3) is 0 Å². The summed E-state index contributed by atoms with van der Waals surface area (Å²) in [5, 5.41) is 13.5. The van der Waals surface area contributed by atoms with Gasteiger partial charge in [-0.2, -0.15) is 5.10 Å². The molecule has 26 heavy (non-hydrogen) atoms. The van der Waals surface area contributed by atoms with Crippen LogP contribution in [0.2, 0.25) is 0 Å². The Labute approximate surface area is 149 Å². The fourth-order valence-electron chi connectivity index (χ4n) is 2.79. The molecule has 1 atom stereocenters. The second-order valence-electron chi connectivity index (χ2n) is 6.43. The first-order chi connectivity index (χ1) is 12.6. The predicted molar refractivity (Wildman–Crippen MR) is 94.3 cm³/mol. The molecular formula is C18H18F2N6. The van der Waals surface area contributed by atoms with Crippen LogP contribution in [0.5, 0.6) is 0 Å². The van der Waals surface area contributed by atoms with Crippen LogP contribution in [0.15, 0.2) is 36.7 Å². The Bertz CT molecular complexity index is 922. The lowest BCUT2D eigenvalue weighted by Crippen LogP contribution is -2.10. The van der Waals surface area contributed by atoms with Gasteiger partial charge in [-0.25, -0.2) is 18.7 Å². The molecule has 0 spiro atoms. The summed E-state index contributed by atoms with van der Waals surface area (Å²) in [5.74, 6) is 1.18. The average Bonchev–Trinajstić information content (AvgIpc) is 3.35. The third-order valence-electron chi connectivity index (χ3n) is 4.33. The first-order valence-electron chi connectivity index (χ1n) is 8.44. The van der Waals surface area contributed by atoms with Crippen molar-refractivity contribution in [1.82, 2.24) is 20.2 Å². The number of hydrogen-bond acceptors (Lipinski definition) is 5. The first kappa shape index (κ1) is 16.4. The number of aromatic amines is 1. The van der Waals surface area contributed by atoms with Crippen molar-refractivity contribution in [1.29, 1.82) is 0 Å². The highest BCUT2D eigenvalue weighted by atomic mass is 19.1. The summed E-state index contributed by atoms with van der Waals surface area (Å²) in [5.41, 5.74) is 1.49. The SMILES string of the molecule is CC(Nc1cc(Nc2cc(C3CC3)[nH]n2)ncn1)c1ccc(F)cc1F. The summed E-state index contributed by atoms with van der Waals surface area (Å²) < 4.78 is 27.0. The van der Waals surface area contributed by atoms with Crippen LogP contribution in [0.4, 0.5) is 26.2 Å². The van der Waals surface area contributed by atoms with E-state index in [1.54, 1.807) is 13.0 Å². The van der Waals surface area contributed by atoms with Gasteiger partial charge in [-0.3, -0.25) is 5.10 Å². The molecule has 1 unspecified atom stereocenters. The second-order valence-corrected chi connectivity index (χ2v) is 6.43. The van der Waals surface area contributed by atoms with Gasteiger partial charge in [0.05, 0.1) is 6.04 Å². The van der Waals surface area contributed by atoms with Crippen molar-refractivity contribution in [2.24, 2.45) is 0 Å². The second kappa shape index (κ2) is 6.70. The fraction of sp³-hybridized carbons (Fsp3) is 0.278. The lowest BCUT2D eigenvalue weighted by molar-refractivity contribution is 0.566. The zero-order valence-corrected chi connectivity index (χ0v) is 14.1. The number of nitrogens with zero attached hydrogens (tertiary/aromatic N) is 3. The highest BCUT2D eigenvalue weighted by Crippen LogP contribution is 2.39. The monoisotopic (exact) mass is 356 g/mol. The van der Waals surface area contributed by atoms with Gasteiger partial charge in [-0.15, -0.1) is 0 Å². The fourth-order valence-corrected chi connectivity index (χ4v) is 2.79. The van der Waals surface area contributed by atoms with Gasteiger partial charge in [0.15, 0.2) is 5.82 Å². The number of rotatable bonds is 6. The van der Waals surface area contributed by atoms with Gasteiger partial charge in [0.1, 0.15) is 29.6 Å². The lowest BCUT2D eigenvalue weighted by Gasteiger charge is -2.16. The maximum Gasteiger partial charge on any atom is 0.153 e. The van der Waals surface area contributed by atoms with Crippen LogP contribution in [-0.4, -0.2) is 20.2 Å². The smallest absolute Gasteiger partial charge is 0.153 e. The van der Waals surface area contributed by atoms with E-state index in [0.29, 0.717) is 28.9 Å². The van der Waals surface area contributed by atoms with E-state index in [4.69, 9.17) is 0 Å². The Hall–Kier alpha value is -3.03. The molecule has 3 aromatic rings. The van der Waals surface area contributed by atoms with Crippen LogP contribution in [0.3, 0.4) is 0 Å². The first-order valence-corrected chi connectivity index (χ1v) is 8.44. The molecule has 0 radical (unpaired) electrons. The Morgan fingerprint density at radius 3 is 2.65 bits per heavy atom. The average molecular weight is 356 g/mol. The van der Waals surface area contributed by atoms with Gasteiger partial charge in [-0.1, -0.05) is 6.07 Å². The molecule has 2 aromatic heterocycles. The molecule has 3 N–H and O–H groups in total. The molecule has 134 valence electrons. The highest BCUT2D eigenvalue weighted by molar-refractivity contribution is 5.56. The topological polar surface area (TPSA) is 78.5 Å². The van der Waals surface area contributed by atoms with E-state index in [2.05, 4.69) is 30.8 Å². The van der Waals surface area contributed by atoms with Crippen molar-refractivity contribution in [3.63, 3.8) is 0 Å². The third kappa shape index (κ3) is 3.63. The Morgan fingerprint density at radius 1 is 1.08 bits per heavy atom. The Morgan fingerprint density at radius 2 is 1.88 bits per heavy atom. The molecule has 0 saturated heterocycles.